The minimum Gasteiger partial charge on any atom is -0.244 e. The van der Waals surface area contributed by atoms with Crippen LogP contribution in [0.2, 0.25) is 0 Å². The Bertz CT molecular complexity index is 1820. The van der Waals surface area contributed by atoms with Crippen LogP contribution in [0.3, 0.4) is 0 Å². The molecule has 2 nitrogen and oxygen atoms in total. The Balaban J connectivity index is 1.59. The summed E-state index contributed by atoms with van der Waals surface area (Å²) in [5.41, 5.74) is 5.84. The molecule has 0 aliphatic rings. The van der Waals surface area contributed by atoms with Crippen LogP contribution < -0.4 is 0 Å². The predicted molar refractivity (Wildman–Crippen MR) is 141 cm³/mol. The molecule has 5 aromatic carbocycles. The van der Waals surface area contributed by atoms with Gasteiger partial charge in [0.05, 0.1) is 22.4 Å². The summed E-state index contributed by atoms with van der Waals surface area (Å²) in [4.78, 5) is 10.2. The molecule has 154 valence electrons. The van der Waals surface area contributed by atoms with E-state index in [1.807, 2.05) is 41.7 Å². The van der Waals surface area contributed by atoms with Crippen LogP contribution in [0.4, 0.5) is 0 Å². The lowest BCUT2D eigenvalue weighted by Crippen LogP contribution is -1.96. The van der Waals surface area contributed by atoms with Gasteiger partial charge >= 0.3 is 0 Å². The van der Waals surface area contributed by atoms with E-state index in [4.69, 9.17) is 9.97 Å². The first-order chi connectivity index (χ1) is 16.3. The van der Waals surface area contributed by atoms with Gasteiger partial charge in [-0.15, -0.1) is 11.3 Å². The second kappa shape index (κ2) is 7.22. The fraction of sp³-hybridized carbons (Fsp3) is 0. The summed E-state index contributed by atoms with van der Waals surface area (Å²) < 4.78 is 2.63. The maximum atomic E-state index is 5.14. The lowest BCUT2D eigenvalue weighted by atomic mass is 9.96. The number of aromatic nitrogens is 2. The van der Waals surface area contributed by atoms with Gasteiger partial charge in [-0.2, -0.15) is 0 Å². The Morgan fingerprint density at radius 2 is 1.21 bits per heavy atom. The molecule has 0 saturated heterocycles. The van der Waals surface area contributed by atoms with Crippen LogP contribution in [0.5, 0.6) is 0 Å². The van der Waals surface area contributed by atoms with E-state index >= 15 is 0 Å². The predicted octanol–water partition coefficient (Wildman–Crippen LogP) is 8.48. The van der Waals surface area contributed by atoms with E-state index in [0.717, 1.165) is 33.5 Å². The van der Waals surface area contributed by atoms with E-state index in [9.17, 15) is 0 Å². The highest BCUT2D eigenvalue weighted by atomic mass is 32.1. The van der Waals surface area contributed by atoms with Crippen molar-refractivity contribution in [1.82, 2.24) is 9.97 Å². The first-order valence-electron chi connectivity index (χ1n) is 11.0. The summed E-state index contributed by atoms with van der Waals surface area (Å²) in [6, 6.07) is 38.3. The second-order valence-electron chi connectivity index (χ2n) is 8.25. The normalized spacial score (nSPS) is 11.6. The van der Waals surface area contributed by atoms with Gasteiger partial charge in [0.2, 0.25) is 0 Å². The van der Waals surface area contributed by atoms with E-state index in [-0.39, 0.29) is 0 Å². The third-order valence-corrected chi connectivity index (χ3v) is 7.38. The average molecular weight is 439 g/mol. The van der Waals surface area contributed by atoms with Crippen molar-refractivity contribution >= 4 is 53.3 Å². The molecule has 0 aliphatic heterocycles. The van der Waals surface area contributed by atoms with Crippen LogP contribution >= 0.6 is 11.3 Å². The quantitative estimate of drug-likeness (QED) is 0.270. The van der Waals surface area contributed by atoms with Crippen LogP contribution in [0.25, 0.3) is 64.5 Å². The van der Waals surface area contributed by atoms with Crippen molar-refractivity contribution in [2.24, 2.45) is 0 Å². The molecular formula is C30H18N2S. The monoisotopic (exact) mass is 438 g/mol. The van der Waals surface area contributed by atoms with Gasteiger partial charge in [-0.3, -0.25) is 0 Å². The van der Waals surface area contributed by atoms with E-state index in [1.165, 1.54) is 30.9 Å². The Morgan fingerprint density at radius 3 is 2.06 bits per heavy atom. The third kappa shape index (κ3) is 2.94. The van der Waals surface area contributed by atoms with Crippen LogP contribution in [-0.2, 0) is 0 Å². The minimum atomic E-state index is 0.909. The van der Waals surface area contributed by atoms with Crippen molar-refractivity contribution in [1.29, 1.82) is 0 Å². The van der Waals surface area contributed by atoms with Gasteiger partial charge in [-0.1, -0.05) is 78.9 Å². The van der Waals surface area contributed by atoms with Gasteiger partial charge in [-0.25, -0.2) is 9.97 Å². The SMILES string of the molecule is c1ccc(-c2nc3ccccc3nc2-c2cccc3cc4sc5ccccc5c4cc23)cc1. The molecule has 0 fully saturated rings. The lowest BCUT2D eigenvalue weighted by molar-refractivity contribution is 1.30. The van der Waals surface area contributed by atoms with Crippen molar-refractivity contribution in [2.75, 3.05) is 0 Å². The molecule has 2 heterocycles. The zero-order valence-electron chi connectivity index (χ0n) is 17.7. The van der Waals surface area contributed by atoms with Crippen LogP contribution in [0.1, 0.15) is 0 Å². The fourth-order valence-electron chi connectivity index (χ4n) is 4.69. The number of hydrogen-bond donors (Lipinski definition) is 0. The molecule has 7 rings (SSSR count). The Labute approximate surface area is 194 Å². The maximum absolute atomic E-state index is 5.14. The van der Waals surface area contributed by atoms with E-state index in [1.54, 1.807) is 0 Å². The highest BCUT2D eigenvalue weighted by Gasteiger charge is 2.16. The molecule has 0 aliphatic carbocycles. The summed E-state index contributed by atoms with van der Waals surface area (Å²) >= 11 is 1.85. The smallest absolute Gasteiger partial charge is 0.0979 e. The summed E-state index contributed by atoms with van der Waals surface area (Å²) in [5.74, 6) is 0. The van der Waals surface area contributed by atoms with Gasteiger partial charge in [-0.05, 0) is 41.1 Å². The van der Waals surface area contributed by atoms with Crippen molar-refractivity contribution in [2.45, 2.75) is 0 Å². The standard InChI is InChI=1S/C30H18N2S/c1-2-9-19(10-3-1)29-30(32-26-15-6-5-14-25(26)31-29)22-13-8-11-20-17-28-24(18-23(20)22)21-12-4-7-16-27(21)33-28/h1-18H. The van der Waals surface area contributed by atoms with Gasteiger partial charge in [0.15, 0.2) is 0 Å². The maximum Gasteiger partial charge on any atom is 0.0979 e. The third-order valence-electron chi connectivity index (χ3n) is 6.25. The van der Waals surface area contributed by atoms with E-state index in [2.05, 4.69) is 78.9 Å². The number of rotatable bonds is 2. The molecule has 2 aromatic heterocycles. The molecule has 3 heteroatoms. The van der Waals surface area contributed by atoms with Gasteiger partial charge in [0.1, 0.15) is 0 Å². The minimum absolute atomic E-state index is 0.909. The first-order valence-corrected chi connectivity index (χ1v) is 11.8. The second-order valence-corrected chi connectivity index (χ2v) is 9.33. The highest BCUT2D eigenvalue weighted by Crippen LogP contribution is 2.40. The van der Waals surface area contributed by atoms with Gasteiger partial charge in [0, 0.05) is 31.3 Å². The number of thiophene rings is 1. The summed E-state index contributed by atoms with van der Waals surface area (Å²) in [6.45, 7) is 0. The Morgan fingerprint density at radius 1 is 0.485 bits per heavy atom. The molecule has 0 saturated carbocycles. The molecular weight excluding hydrogens is 420 g/mol. The highest BCUT2D eigenvalue weighted by molar-refractivity contribution is 7.25. The topological polar surface area (TPSA) is 25.8 Å². The van der Waals surface area contributed by atoms with Crippen molar-refractivity contribution < 1.29 is 0 Å². The molecule has 0 unspecified atom stereocenters. The lowest BCUT2D eigenvalue weighted by Gasteiger charge is -2.13. The van der Waals surface area contributed by atoms with E-state index in [0.29, 0.717) is 0 Å². The van der Waals surface area contributed by atoms with Crippen molar-refractivity contribution in [3.8, 4) is 22.5 Å². The molecule has 0 atom stereocenters. The first kappa shape index (κ1) is 18.5. The molecule has 0 amide bonds. The van der Waals surface area contributed by atoms with Crippen LogP contribution in [0.15, 0.2) is 109 Å². The summed E-state index contributed by atoms with van der Waals surface area (Å²) in [5, 5.41) is 5.03. The number of para-hydroxylation sites is 2. The van der Waals surface area contributed by atoms with Gasteiger partial charge < -0.3 is 0 Å². The fourth-order valence-corrected chi connectivity index (χ4v) is 5.82. The van der Waals surface area contributed by atoms with Gasteiger partial charge in [0.25, 0.3) is 0 Å². The zero-order valence-corrected chi connectivity index (χ0v) is 18.5. The number of hydrogen-bond acceptors (Lipinski definition) is 3. The number of benzene rings is 5. The molecule has 7 aromatic rings. The largest absolute Gasteiger partial charge is 0.244 e. The number of fused-ring (bicyclic) bond motifs is 5. The Kier molecular flexibility index (Phi) is 4.05. The zero-order chi connectivity index (χ0) is 21.8. The molecule has 33 heavy (non-hydrogen) atoms. The number of nitrogens with zero attached hydrogens (tertiary/aromatic N) is 2. The molecule has 0 bridgehead atoms. The molecule has 0 spiro atoms. The Hall–Kier alpha value is -4.08. The van der Waals surface area contributed by atoms with Crippen molar-refractivity contribution in [3.63, 3.8) is 0 Å². The van der Waals surface area contributed by atoms with E-state index < -0.39 is 0 Å². The van der Waals surface area contributed by atoms with Crippen LogP contribution in [0, 0.1) is 0 Å². The molecule has 0 radical (unpaired) electrons. The average Bonchev–Trinajstić information content (AvgIpc) is 3.24. The van der Waals surface area contributed by atoms with Crippen LogP contribution in [-0.4, -0.2) is 9.97 Å². The summed E-state index contributed by atoms with van der Waals surface area (Å²) in [7, 11) is 0. The van der Waals surface area contributed by atoms with Crippen molar-refractivity contribution in [3.05, 3.63) is 109 Å². The molecule has 0 N–H and O–H groups in total. The summed E-state index contributed by atoms with van der Waals surface area (Å²) in [6.07, 6.45) is 0.